The van der Waals surface area contributed by atoms with E-state index < -0.39 is 23.4 Å². The van der Waals surface area contributed by atoms with Crippen molar-refractivity contribution in [1.29, 1.82) is 0 Å². The van der Waals surface area contributed by atoms with Gasteiger partial charge in [-0.3, -0.25) is 4.79 Å². The Bertz CT molecular complexity index is 552. The summed E-state index contributed by atoms with van der Waals surface area (Å²) >= 11 is 0. The largest absolute Gasteiger partial charge is 0.464 e. The van der Waals surface area contributed by atoms with Gasteiger partial charge in [-0.25, -0.2) is 9.59 Å². The summed E-state index contributed by atoms with van der Waals surface area (Å²) in [7, 11) is 0. The number of carbonyl (C=O) groups is 3. The van der Waals surface area contributed by atoms with E-state index in [9.17, 15) is 14.4 Å². The fraction of sp³-hybridized carbons (Fsp3) is 0.526. The number of rotatable bonds is 10. The van der Waals surface area contributed by atoms with Gasteiger partial charge in [0, 0.05) is 6.92 Å². The SMILES string of the molecule is CCOC(=O)C(CCCCc1ccccc1)(NC(C)=O)C(=O)OCC. The van der Waals surface area contributed by atoms with Crippen LogP contribution in [0.1, 0.15) is 45.6 Å². The third kappa shape index (κ3) is 6.21. The van der Waals surface area contributed by atoms with E-state index in [2.05, 4.69) is 5.32 Å². The molecule has 0 bridgehead atoms. The van der Waals surface area contributed by atoms with Crippen LogP contribution in [0.25, 0.3) is 0 Å². The molecular formula is C19H27NO5. The van der Waals surface area contributed by atoms with Crippen LogP contribution in [0.4, 0.5) is 0 Å². The summed E-state index contributed by atoms with van der Waals surface area (Å²) in [4.78, 5) is 36.5. The van der Waals surface area contributed by atoms with Crippen LogP contribution < -0.4 is 5.32 Å². The average Bonchev–Trinajstić information content (AvgIpc) is 2.58. The van der Waals surface area contributed by atoms with Gasteiger partial charge < -0.3 is 14.8 Å². The normalized spacial score (nSPS) is 10.8. The second kappa shape index (κ2) is 10.5. The van der Waals surface area contributed by atoms with E-state index in [1.54, 1.807) is 13.8 Å². The van der Waals surface area contributed by atoms with Crippen LogP contribution in [0.3, 0.4) is 0 Å². The van der Waals surface area contributed by atoms with E-state index in [4.69, 9.17) is 9.47 Å². The van der Waals surface area contributed by atoms with Gasteiger partial charge >= 0.3 is 11.9 Å². The first-order chi connectivity index (χ1) is 12.0. The molecule has 0 atom stereocenters. The van der Waals surface area contributed by atoms with Gasteiger partial charge in [0.15, 0.2) is 0 Å². The summed E-state index contributed by atoms with van der Waals surface area (Å²) in [6.07, 6.45) is 2.29. The highest BCUT2D eigenvalue weighted by molar-refractivity contribution is 6.07. The van der Waals surface area contributed by atoms with Gasteiger partial charge in [-0.05, 0) is 45.1 Å². The first-order valence-electron chi connectivity index (χ1n) is 8.63. The van der Waals surface area contributed by atoms with E-state index in [0.717, 1.165) is 12.8 Å². The minimum Gasteiger partial charge on any atom is -0.464 e. The monoisotopic (exact) mass is 349 g/mol. The Hall–Kier alpha value is -2.37. The average molecular weight is 349 g/mol. The Morgan fingerprint density at radius 3 is 2.00 bits per heavy atom. The fourth-order valence-electron chi connectivity index (χ4n) is 2.63. The lowest BCUT2D eigenvalue weighted by Crippen LogP contribution is -2.61. The summed E-state index contributed by atoms with van der Waals surface area (Å²) in [6.45, 7) is 4.79. The standard InChI is InChI=1S/C19H27NO5/c1-4-24-17(22)19(20-15(3)21,18(23)25-5-2)14-10-9-13-16-11-7-6-8-12-16/h6-8,11-12H,4-5,9-10,13-14H2,1-3H3,(H,20,21). The number of nitrogens with one attached hydrogen (secondary N) is 1. The molecule has 0 saturated carbocycles. The van der Waals surface area contributed by atoms with Gasteiger partial charge in [0.05, 0.1) is 13.2 Å². The third-order valence-corrected chi connectivity index (χ3v) is 3.75. The van der Waals surface area contributed by atoms with Gasteiger partial charge in [-0.15, -0.1) is 0 Å². The Morgan fingerprint density at radius 2 is 1.52 bits per heavy atom. The van der Waals surface area contributed by atoms with Crippen molar-refractivity contribution in [3.05, 3.63) is 35.9 Å². The molecule has 1 N–H and O–H groups in total. The Kier molecular flexibility index (Phi) is 8.67. The summed E-state index contributed by atoms with van der Waals surface area (Å²) in [5, 5.41) is 2.47. The molecule has 1 amide bonds. The zero-order valence-corrected chi connectivity index (χ0v) is 15.2. The van der Waals surface area contributed by atoms with E-state index in [-0.39, 0.29) is 19.6 Å². The van der Waals surface area contributed by atoms with Crippen LogP contribution in [-0.2, 0) is 30.3 Å². The molecule has 0 heterocycles. The fourth-order valence-corrected chi connectivity index (χ4v) is 2.63. The second-order valence-corrected chi connectivity index (χ2v) is 5.72. The van der Waals surface area contributed by atoms with E-state index in [1.165, 1.54) is 12.5 Å². The van der Waals surface area contributed by atoms with Crippen LogP contribution in [0, 0.1) is 0 Å². The van der Waals surface area contributed by atoms with Crippen LogP contribution in [-0.4, -0.2) is 36.6 Å². The Balaban J connectivity index is 2.84. The molecule has 6 nitrogen and oxygen atoms in total. The molecular weight excluding hydrogens is 322 g/mol. The molecule has 0 aromatic heterocycles. The maximum absolute atomic E-state index is 12.4. The highest BCUT2D eigenvalue weighted by Crippen LogP contribution is 2.20. The van der Waals surface area contributed by atoms with Crippen molar-refractivity contribution in [2.45, 2.75) is 52.0 Å². The summed E-state index contributed by atoms with van der Waals surface area (Å²) in [5.41, 5.74) is -0.603. The predicted molar refractivity (Wildman–Crippen MR) is 93.8 cm³/mol. The third-order valence-electron chi connectivity index (χ3n) is 3.75. The molecule has 1 aromatic carbocycles. The molecule has 6 heteroatoms. The van der Waals surface area contributed by atoms with Gasteiger partial charge in [-0.1, -0.05) is 30.3 Å². The number of hydrogen-bond donors (Lipinski definition) is 1. The minimum absolute atomic E-state index is 0.115. The smallest absolute Gasteiger partial charge is 0.343 e. The highest BCUT2D eigenvalue weighted by atomic mass is 16.6. The first kappa shape index (κ1) is 20.7. The molecule has 0 aliphatic rings. The van der Waals surface area contributed by atoms with Gasteiger partial charge in [0.2, 0.25) is 11.4 Å². The highest BCUT2D eigenvalue weighted by Gasteiger charge is 2.49. The van der Waals surface area contributed by atoms with Crippen molar-refractivity contribution in [3.63, 3.8) is 0 Å². The van der Waals surface area contributed by atoms with Gasteiger partial charge in [0.1, 0.15) is 0 Å². The molecule has 0 spiro atoms. The maximum atomic E-state index is 12.4. The number of hydrogen-bond acceptors (Lipinski definition) is 5. The summed E-state index contributed by atoms with van der Waals surface area (Å²) in [6, 6.07) is 9.94. The van der Waals surface area contributed by atoms with Gasteiger partial charge in [0.25, 0.3) is 0 Å². The van der Waals surface area contributed by atoms with Crippen molar-refractivity contribution in [1.82, 2.24) is 5.32 Å². The van der Waals surface area contributed by atoms with Crippen molar-refractivity contribution < 1.29 is 23.9 Å². The quantitative estimate of drug-likeness (QED) is 0.398. The molecule has 0 fully saturated rings. The molecule has 0 radical (unpaired) electrons. The van der Waals surface area contributed by atoms with Crippen LogP contribution >= 0.6 is 0 Å². The molecule has 25 heavy (non-hydrogen) atoms. The number of ether oxygens (including phenoxy) is 2. The maximum Gasteiger partial charge on any atom is 0.343 e. The molecule has 0 unspecified atom stereocenters. The lowest BCUT2D eigenvalue weighted by Gasteiger charge is -2.29. The molecule has 0 saturated heterocycles. The van der Waals surface area contributed by atoms with Crippen LogP contribution in [0.15, 0.2) is 30.3 Å². The van der Waals surface area contributed by atoms with E-state index >= 15 is 0 Å². The molecule has 0 aliphatic carbocycles. The Morgan fingerprint density at radius 1 is 0.960 bits per heavy atom. The number of amides is 1. The van der Waals surface area contributed by atoms with Crippen molar-refractivity contribution >= 4 is 17.8 Å². The molecule has 1 rings (SSSR count). The number of benzene rings is 1. The predicted octanol–water partition coefficient (Wildman–Crippen LogP) is 2.40. The van der Waals surface area contributed by atoms with Crippen LogP contribution in [0.2, 0.25) is 0 Å². The minimum atomic E-state index is -1.78. The summed E-state index contributed by atoms with van der Waals surface area (Å²) in [5.74, 6) is -2.03. The molecule has 138 valence electrons. The number of esters is 2. The van der Waals surface area contributed by atoms with E-state index in [0.29, 0.717) is 6.42 Å². The van der Waals surface area contributed by atoms with Crippen molar-refractivity contribution in [2.75, 3.05) is 13.2 Å². The molecule has 1 aromatic rings. The zero-order chi connectivity index (χ0) is 18.7. The van der Waals surface area contributed by atoms with Crippen molar-refractivity contribution in [2.24, 2.45) is 0 Å². The van der Waals surface area contributed by atoms with Crippen LogP contribution in [0.5, 0.6) is 0 Å². The zero-order valence-electron chi connectivity index (χ0n) is 15.2. The lowest BCUT2D eigenvalue weighted by molar-refractivity contribution is -0.168. The van der Waals surface area contributed by atoms with E-state index in [1.807, 2.05) is 30.3 Å². The molecule has 0 aliphatic heterocycles. The number of aryl methyl sites for hydroxylation is 1. The lowest BCUT2D eigenvalue weighted by atomic mass is 9.91. The second-order valence-electron chi connectivity index (χ2n) is 5.72. The summed E-state index contributed by atoms with van der Waals surface area (Å²) < 4.78 is 10.1. The number of carbonyl (C=O) groups excluding carboxylic acids is 3. The first-order valence-corrected chi connectivity index (χ1v) is 8.63. The Labute approximate surface area is 148 Å². The number of unbranched alkanes of at least 4 members (excludes halogenated alkanes) is 1. The van der Waals surface area contributed by atoms with Crippen molar-refractivity contribution in [3.8, 4) is 0 Å². The van der Waals surface area contributed by atoms with Gasteiger partial charge in [-0.2, -0.15) is 0 Å². The topological polar surface area (TPSA) is 81.7 Å².